The molecule has 1 aromatic rings. The average Bonchev–Trinajstić information content (AvgIpc) is 2.47. The summed E-state index contributed by atoms with van der Waals surface area (Å²) in [6.07, 6.45) is 1.88. The lowest BCUT2D eigenvalue weighted by Crippen LogP contribution is -2.47. The van der Waals surface area contributed by atoms with Crippen molar-refractivity contribution >= 4 is 10.0 Å². The van der Waals surface area contributed by atoms with Crippen molar-refractivity contribution < 1.29 is 13.5 Å². The predicted octanol–water partition coefficient (Wildman–Crippen LogP) is 1.25. The van der Waals surface area contributed by atoms with Gasteiger partial charge in [0.05, 0.1) is 11.5 Å². The van der Waals surface area contributed by atoms with Gasteiger partial charge in [0.15, 0.2) is 0 Å². The number of sulfonamides is 1. The standard InChI is InChI=1S/C15H24N2O3S/c1-3-17-9-5-7-14(10-17)16-21(19,20)15-8-4-6-13(11-18)12(15)2/h4,6,8,14,16,18H,3,5,7,9-11H2,1-2H3. The molecule has 0 radical (unpaired) electrons. The summed E-state index contributed by atoms with van der Waals surface area (Å²) in [7, 11) is -3.54. The molecule has 0 spiro atoms. The number of nitrogens with one attached hydrogen (secondary N) is 1. The van der Waals surface area contributed by atoms with E-state index in [0.29, 0.717) is 11.1 Å². The summed E-state index contributed by atoms with van der Waals surface area (Å²) < 4.78 is 28.0. The van der Waals surface area contributed by atoms with Gasteiger partial charge in [0, 0.05) is 12.6 Å². The van der Waals surface area contributed by atoms with E-state index >= 15 is 0 Å². The maximum Gasteiger partial charge on any atom is 0.241 e. The van der Waals surface area contributed by atoms with Crippen LogP contribution in [0.4, 0.5) is 0 Å². The molecule has 0 aromatic heterocycles. The molecule has 0 aliphatic carbocycles. The number of aliphatic hydroxyl groups excluding tert-OH is 1. The Balaban J connectivity index is 2.19. The summed E-state index contributed by atoms with van der Waals surface area (Å²) in [5.74, 6) is 0. The summed E-state index contributed by atoms with van der Waals surface area (Å²) in [5.41, 5.74) is 1.27. The van der Waals surface area contributed by atoms with Crippen LogP contribution in [0, 0.1) is 6.92 Å². The van der Waals surface area contributed by atoms with Crippen LogP contribution in [0.15, 0.2) is 23.1 Å². The van der Waals surface area contributed by atoms with Gasteiger partial charge in [0.1, 0.15) is 0 Å². The van der Waals surface area contributed by atoms with E-state index in [9.17, 15) is 13.5 Å². The quantitative estimate of drug-likeness (QED) is 0.858. The highest BCUT2D eigenvalue weighted by Gasteiger charge is 2.26. The largest absolute Gasteiger partial charge is 0.392 e. The normalized spacial score (nSPS) is 20.6. The molecular weight excluding hydrogens is 288 g/mol. The lowest BCUT2D eigenvalue weighted by molar-refractivity contribution is 0.211. The number of aliphatic hydroxyl groups is 1. The van der Waals surface area contributed by atoms with Gasteiger partial charge in [-0.2, -0.15) is 0 Å². The second kappa shape index (κ2) is 6.87. The van der Waals surface area contributed by atoms with Crippen molar-refractivity contribution in [1.82, 2.24) is 9.62 Å². The summed E-state index contributed by atoms with van der Waals surface area (Å²) in [4.78, 5) is 2.52. The predicted molar refractivity (Wildman–Crippen MR) is 82.6 cm³/mol. The molecule has 1 unspecified atom stereocenters. The Hall–Kier alpha value is -0.950. The zero-order valence-corrected chi connectivity index (χ0v) is 13.5. The van der Waals surface area contributed by atoms with Gasteiger partial charge < -0.3 is 10.0 Å². The molecule has 0 saturated carbocycles. The molecule has 1 aliphatic heterocycles. The van der Waals surface area contributed by atoms with Crippen LogP contribution in [0.25, 0.3) is 0 Å². The molecule has 1 fully saturated rings. The third-order valence-electron chi connectivity index (χ3n) is 4.13. The highest BCUT2D eigenvalue weighted by molar-refractivity contribution is 7.89. The molecule has 1 aromatic carbocycles. The minimum absolute atomic E-state index is 0.0408. The summed E-state index contributed by atoms with van der Waals surface area (Å²) in [6.45, 7) is 6.41. The fourth-order valence-corrected chi connectivity index (χ4v) is 4.39. The van der Waals surface area contributed by atoms with Crippen LogP contribution in [0.3, 0.4) is 0 Å². The van der Waals surface area contributed by atoms with Crippen LogP contribution in [0.5, 0.6) is 0 Å². The molecule has 1 aliphatic rings. The fourth-order valence-electron chi connectivity index (χ4n) is 2.84. The van der Waals surface area contributed by atoms with E-state index in [0.717, 1.165) is 32.5 Å². The van der Waals surface area contributed by atoms with Crippen LogP contribution in [0.2, 0.25) is 0 Å². The van der Waals surface area contributed by atoms with Gasteiger partial charge in [-0.15, -0.1) is 0 Å². The first-order chi connectivity index (χ1) is 9.97. The Morgan fingerprint density at radius 1 is 1.43 bits per heavy atom. The average molecular weight is 312 g/mol. The molecule has 1 saturated heterocycles. The molecule has 5 nitrogen and oxygen atoms in total. The molecule has 0 bridgehead atoms. The van der Waals surface area contributed by atoms with Gasteiger partial charge in [0.25, 0.3) is 0 Å². The van der Waals surface area contributed by atoms with Crippen molar-refractivity contribution in [1.29, 1.82) is 0 Å². The Morgan fingerprint density at radius 3 is 2.86 bits per heavy atom. The van der Waals surface area contributed by atoms with Crippen molar-refractivity contribution in [2.75, 3.05) is 19.6 Å². The van der Waals surface area contributed by atoms with Crippen molar-refractivity contribution in [3.8, 4) is 0 Å². The molecule has 21 heavy (non-hydrogen) atoms. The smallest absolute Gasteiger partial charge is 0.241 e. The van der Waals surface area contributed by atoms with Crippen molar-refractivity contribution in [3.05, 3.63) is 29.3 Å². The van der Waals surface area contributed by atoms with E-state index in [1.54, 1.807) is 25.1 Å². The number of likely N-dealkylation sites (N-methyl/N-ethyl adjacent to an activating group) is 1. The third-order valence-corrected chi connectivity index (χ3v) is 5.80. The molecule has 6 heteroatoms. The summed E-state index contributed by atoms with van der Waals surface area (Å²) in [6, 6.07) is 4.97. The number of benzene rings is 1. The van der Waals surface area contributed by atoms with Crippen molar-refractivity contribution in [2.45, 2.75) is 44.2 Å². The zero-order chi connectivity index (χ0) is 15.5. The lowest BCUT2D eigenvalue weighted by Gasteiger charge is -2.32. The van der Waals surface area contributed by atoms with Gasteiger partial charge in [-0.05, 0) is 50.0 Å². The maximum absolute atomic E-state index is 12.6. The van der Waals surface area contributed by atoms with E-state index in [-0.39, 0.29) is 17.5 Å². The monoisotopic (exact) mass is 312 g/mol. The Morgan fingerprint density at radius 2 is 2.19 bits per heavy atom. The van der Waals surface area contributed by atoms with Crippen LogP contribution in [0.1, 0.15) is 30.9 Å². The van der Waals surface area contributed by atoms with E-state index in [1.165, 1.54) is 0 Å². The number of likely N-dealkylation sites (tertiary alicyclic amines) is 1. The summed E-state index contributed by atoms with van der Waals surface area (Å²) >= 11 is 0. The lowest BCUT2D eigenvalue weighted by atomic mass is 10.1. The minimum Gasteiger partial charge on any atom is -0.392 e. The second-order valence-electron chi connectivity index (χ2n) is 5.55. The Kier molecular flexibility index (Phi) is 5.37. The molecule has 1 heterocycles. The van der Waals surface area contributed by atoms with E-state index in [4.69, 9.17) is 0 Å². The number of nitrogens with zero attached hydrogens (tertiary/aromatic N) is 1. The Labute approximate surface area is 127 Å². The third kappa shape index (κ3) is 3.83. The molecule has 0 amide bonds. The second-order valence-corrected chi connectivity index (χ2v) is 7.23. The highest BCUT2D eigenvalue weighted by Crippen LogP contribution is 2.20. The highest BCUT2D eigenvalue weighted by atomic mass is 32.2. The molecule has 118 valence electrons. The van der Waals surface area contributed by atoms with Gasteiger partial charge >= 0.3 is 0 Å². The van der Waals surface area contributed by atoms with Gasteiger partial charge in [-0.3, -0.25) is 0 Å². The first-order valence-corrected chi connectivity index (χ1v) is 8.90. The van der Waals surface area contributed by atoms with Crippen LogP contribution in [-0.2, 0) is 16.6 Å². The zero-order valence-electron chi connectivity index (χ0n) is 12.7. The van der Waals surface area contributed by atoms with Gasteiger partial charge in [-0.25, -0.2) is 13.1 Å². The molecular formula is C15H24N2O3S. The van der Waals surface area contributed by atoms with E-state index < -0.39 is 10.0 Å². The number of piperidine rings is 1. The van der Waals surface area contributed by atoms with E-state index in [1.807, 2.05) is 0 Å². The number of hydrogen-bond acceptors (Lipinski definition) is 4. The topological polar surface area (TPSA) is 69.6 Å². The number of rotatable bonds is 5. The fraction of sp³-hybridized carbons (Fsp3) is 0.600. The first kappa shape index (κ1) is 16.4. The Bertz CT molecular complexity index is 587. The first-order valence-electron chi connectivity index (χ1n) is 7.42. The van der Waals surface area contributed by atoms with Crippen LogP contribution in [-0.4, -0.2) is 44.1 Å². The number of hydrogen-bond donors (Lipinski definition) is 2. The van der Waals surface area contributed by atoms with Crippen molar-refractivity contribution in [2.24, 2.45) is 0 Å². The maximum atomic E-state index is 12.6. The van der Waals surface area contributed by atoms with Gasteiger partial charge in [-0.1, -0.05) is 19.1 Å². The van der Waals surface area contributed by atoms with Crippen molar-refractivity contribution in [3.63, 3.8) is 0 Å². The molecule has 1 atom stereocenters. The van der Waals surface area contributed by atoms with Gasteiger partial charge in [0.2, 0.25) is 10.0 Å². The molecule has 2 rings (SSSR count). The van der Waals surface area contributed by atoms with Crippen LogP contribution < -0.4 is 4.72 Å². The van der Waals surface area contributed by atoms with E-state index in [2.05, 4.69) is 16.5 Å². The minimum atomic E-state index is -3.54. The molecule has 2 N–H and O–H groups in total. The SMILES string of the molecule is CCN1CCCC(NS(=O)(=O)c2cccc(CO)c2C)C1. The summed E-state index contributed by atoms with van der Waals surface area (Å²) in [5, 5.41) is 9.27. The van der Waals surface area contributed by atoms with Crippen LogP contribution >= 0.6 is 0 Å².